The molecule has 1 aliphatic rings. The topological polar surface area (TPSA) is 73.8 Å². The monoisotopic (exact) mass is 450 g/mol. The van der Waals surface area contributed by atoms with Gasteiger partial charge in [0.25, 0.3) is 5.91 Å². The summed E-state index contributed by atoms with van der Waals surface area (Å²) in [4.78, 5) is 34.0. The van der Waals surface area contributed by atoms with Crippen molar-refractivity contribution >= 4 is 34.7 Å². The number of anilines is 1. The normalized spacial score (nSPS) is 16.6. The van der Waals surface area contributed by atoms with Crippen molar-refractivity contribution in [1.29, 1.82) is 0 Å². The maximum atomic E-state index is 14.7. The highest BCUT2D eigenvalue weighted by atomic mass is 32.1. The van der Waals surface area contributed by atoms with Gasteiger partial charge in [-0.15, -0.1) is 11.3 Å². The number of para-hydroxylation sites is 1. The van der Waals surface area contributed by atoms with Gasteiger partial charge in [0.05, 0.1) is 17.4 Å². The number of likely N-dealkylation sites (N-methyl/N-ethyl adjacent to an activating group) is 1. The van der Waals surface area contributed by atoms with E-state index in [-0.39, 0.29) is 11.6 Å². The molecule has 2 aromatic carbocycles. The van der Waals surface area contributed by atoms with Crippen molar-refractivity contribution in [2.24, 2.45) is 4.99 Å². The lowest BCUT2D eigenvalue weighted by Crippen LogP contribution is -2.49. The smallest absolute Gasteiger partial charge is 0.317 e. The number of carbonyl (C=O) groups excluding carboxylic acids is 2. The number of aliphatic imine (C=N–C) groups is 1. The first-order chi connectivity index (χ1) is 15.3. The summed E-state index contributed by atoms with van der Waals surface area (Å²) in [6.45, 7) is 3.87. The third kappa shape index (κ3) is 4.27. The molecular weight excluding hydrogens is 427 g/mol. The maximum Gasteiger partial charge on any atom is 0.317 e. The van der Waals surface area contributed by atoms with E-state index in [4.69, 9.17) is 0 Å². The van der Waals surface area contributed by atoms with Gasteiger partial charge < -0.3 is 15.5 Å². The lowest BCUT2D eigenvalue weighted by molar-refractivity contribution is -0.119. The van der Waals surface area contributed by atoms with E-state index in [1.165, 1.54) is 11.0 Å². The van der Waals surface area contributed by atoms with Crippen LogP contribution in [0.25, 0.3) is 0 Å². The third-order valence-electron chi connectivity index (χ3n) is 5.28. The number of carbonyl (C=O) groups is 2. The van der Waals surface area contributed by atoms with Crippen LogP contribution in [0.2, 0.25) is 0 Å². The number of urea groups is 1. The molecule has 32 heavy (non-hydrogen) atoms. The fourth-order valence-electron chi connectivity index (χ4n) is 3.60. The second-order valence-electron chi connectivity index (χ2n) is 7.56. The minimum Gasteiger partial charge on any atom is -0.331 e. The highest BCUT2D eigenvalue weighted by Crippen LogP contribution is 2.28. The van der Waals surface area contributed by atoms with Gasteiger partial charge in [-0.2, -0.15) is 0 Å². The second-order valence-corrected chi connectivity index (χ2v) is 8.88. The number of aryl methyl sites for hydroxylation is 1. The summed E-state index contributed by atoms with van der Waals surface area (Å²) in [5.74, 6) is -0.874. The summed E-state index contributed by atoms with van der Waals surface area (Å²) in [7, 11) is 1.62. The van der Waals surface area contributed by atoms with E-state index in [2.05, 4.69) is 15.6 Å². The lowest BCUT2D eigenvalue weighted by atomic mass is 10.00. The van der Waals surface area contributed by atoms with Crippen LogP contribution in [-0.4, -0.2) is 30.9 Å². The van der Waals surface area contributed by atoms with Crippen LogP contribution in [0.15, 0.2) is 65.7 Å². The fraction of sp³-hybridized carbons (Fsp3) is 0.208. The molecule has 1 aromatic heterocycles. The predicted molar refractivity (Wildman–Crippen MR) is 125 cm³/mol. The summed E-state index contributed by atoms with van der Waals surface area (Å²) in [5.41, 5.74) is 1.77. The number of benzene rings is 2. The molecule has 2 atom stereocenters. The second kappa shape index (κ2) is 8.92. The highest BCUT2D eigenvalue weighted by Gasteiger charge is 2.31. The van der Waals surface area contributed by atoms with Crippen LogP contribution < -0.4 is 15.5 Å². The van der Waals surface area contributed by atoms with E-state index >= 15 is 0 Å². The molecule has 6 nitrogen and oxygen atoms in total. The summed E-state index contributed by atoms with van der Waals surface area (Å²) >= 11 is 1.59. The Morgan fingerprint density at radius 1 is 1.09 bits per heavy atom. The number of fused-ring (bicyclic) bond motifs is 1. The number of nitrogens with one attached hydrogen (secondary N) is 2. The van der Waals surface area contributed by atoms with Gasteiger partial charge in [0.2, 0.25) is 6.17 Å². The maximum absolute atomic E-state index is 14.7. The quantitative estimate of drug-likeness (QED) is 0.619. The summed E-state index contributed by atoms with van der Waals surface area (Å²) in [6, 6.07) is 16.6. The van der Waals surface area contributed by atoms with E-state index in [9.17, 15) is 14.0 Å². The van der Waals surface area contributed by atoms with Crippen LogP contribution in [0.1, 0.15) is 33.8 Å². The van der Waals surface area contributed by atoms with Crippen molar-refractivity contribution in [2.75, 3.05) is 11.9 Å². The summed E-state index contributed by atoms with van der Waals surface area (Å²) in [5, 5.41) is 5.50. The molecule has 2 heterocycles. The molecule has 0 aliphatic carbocycles. The van der Waals surface area contributed by atoms with Crippen molar-refractivity contribution in [3.63, 3.8) is 0 Å². The van der Waals surface area contributed by atoms with Crippen molar-refractivity contribution < 1.29 is 14.0 Å². The molecule has 8 heteroatoms. The molecule has 0 fully saturated rings. The van der Waals surface area contributed by atoms with E-state index < -0.39 is 23.9 Å². The van der Waals surface area contributed by atoms with Crippen molar-refractivity contribution in [3.05, 3.63) is 87.4 Å². The molecule has 164 valence electrons. The number of benzodiazepines with no additional fused rings is 1. The summed E-state index contributed by atoms with van der Waals surface area (Å²) in [6.07, 6.45) is -1.21. The molecule has 1 aliphatic heterocycles. The average Bonchev–Trinajstić information content (AvgIpc) is 3.19. The van der Waals surface area contributed by atoms with Gasteiger partial charge in [0, 0.05) is 27.9 Å². The van der Waals surface area contributed by atoms with Crippen molar-refractivity contribution in [2.45, 2.75) is 26.1 Å². The van der Waals surface area contributed by atoms with Gasteiger partial charge in [-0.3, -0.25) is 4.79 Å². The number of hydrogen-bond acceptors (Lipinski definition) is 4. The number of thiophene rings is 1. The average molecular weight is 451 g/mol. The van der Waals surface area contributed by atoms with Gasteiger partial charge in [-0.25, -0.2) is 14.2 Å². The molecule has 0 saturated heterocycles. The Kier molecular flexibility index (Phi) is 6.05. The van der Waals surface area contributed by atoms with E-state index in [1.807, 2.05) is 26.0 Å². The number of nitrogens with zero attached hydrogens (tertiary/aromatic N) is 2. The Labute approximate surface area is 189 Å². The third-order valence-corrected chi connectivity index (χ3v) is 6.46. The number of hydrogen-bond donors (Lipinski definition) is 2. The predicted octanol–water partition coefficient (Wildman–Crippen LogP) is 4.40. The number of rotatable bonds is 4. The molecule has 2 unspecified atom stereocenters. The molecular formula is C24H23FN4O2S. The Balaban J connectivity index is 1.67. The molecule has 0 radical (unpaired) electrons. The molecule has 3 aromatic rings. The number of amides is 3. The first-order valence-electron chi connectivity index (χ1n) is 10.2. The Morgan fingerprint density at radius 2 is 1.78 bits per heavy atom. The first-order valence-corrected chi connectivity index (χ1v) is 11.0. The highest BCUT2D eigenvalue weighted by molar-refractivity contribution is 7.12. The van der Waals surface area contributed by atoms with Crippen LogP contribution >= 0.6 is 11.3 Å². The van der Waals surface area contributed by atoms with Gasteiger partial charge in [0.1, 0.15) is 5.82 Å². The van der Waals surface area contributed by atoms with Gasteiger partial charge >= 0.3 is 6.03 Å². The Hall–Kier alpha value is -3.52. The number of halogens is 1. The molecule has 4 rings (SSSR count). The van der Waals surface area contributed by atoms with Crippen LogP contribution in [0, 0.1) is 12.7 Å². The van der Waals surface area contributed by atoms with E-state index in [1.54, 1.807) is 60.8 Å². The van der Waals surface area contributed by atoms with Gasteiger partial charge in [-0.05, 0) is 44.2 Å². The Bertz CT molecular complexity index is 1210. The molecule has 0 saturated carbocycles. The SMILES string of the molecule is Cc1ccc(C(C)NC(=O)NC2N=C(c3ccccc3F)c3ccccc3N(C)C2=O)s1. The van der Waals surface area contributed by atoms with Crippen molar-refractivity contribution in [3.8, 4) is 0 Å². The largest absolute Gasteiger partial charge is 0.331 e. The van der Waals surface area contributed by atoms with Crippen LogP contribution in [0.3, 0.4) is 0 Å². The zero-order valence-electron chi connectivity index (χ0n) is 17.9. The van der Waals surface area contributed by atoms with Crippen LogP contribution in [-0.2, 0) is 4.79 Å². The minimum absolute atomic E-state index is 0.237. The molecule has 0 spiro atoms. The zero-order chi connectivity index (χ0) is 22.8. The molecule has 2 N–H and O–H groups in total. The Morgan fingerprint density at radius 3 is 2.47 bits per heavy atom. The van der Waals surface area contributed by atoms with E-state index in [0.717, 1.165) is 9.75 Å². The van der Waals surface area contributed by atoms with Crippen LogP contribution in [0.4, 0.5) is 14.9 Å². The fourth-order valence-corrected chi connectivity index (χ4v) is 4.48. The summed E-state index contributed by atoms with van der Waals surface area (Å²) < 4.78 is 14.7. The van der Waals surface area contributed by atoms with E-state index in [0.29, 0.717) is 17.0 Å². The molecule has 3 amide bonds. The van der Waals surface area contributed by atoms with Gasteiger partial charge in [-0.1, -0.05) is 30.3 Å². The lowest BCUT2D eigenvalue weighted by Gasteiger charge is -2.21. The standard InChI is InChI=1S/C24H23FN4O2S/c1-14-12-13-20(32-14)15(2)26-24(31)28-22-23(30)29(3)19-11-7-5-9-17(19)21(27-22)16-8-4-6-10-18(16)25/h4-13,15,22H,1-3H3,(H2,26,28,31). The van der Waals surface area contributed by atoms with Crippen molar-refractivity contribution in [1.82, 2.24) is 10.6 Å². The first kappa shape index (κ1) is 21.7. The minimum atomic E-state index is -1.21. The van der Waals surface area contributed by atoms with Gasteiger partial charge in [0.15, 0.2) is 0 Å². The molecule has 0 bridgehead atoms. The van der Waals surface area contributed by atoms with Crippen LogP contribution in [0.5, 0.6) is 0 Å². The zero-order valence-corrected chi connectivity index (χ0v) is 18.7.